The van der Waals surface area contributed by atoms with Crippen molar-refractivity contribution in [2.24, 2.45) is 0 Å². The number of benzene rings is 2. The molecule has 2 aromatic rings. The van der Waals surface area contributed by atoms with Crippen molar-refractivity contribution in [3.63, 3.8) is 0 Å². The second-order valence-electron chi connectivity index (χ2n) is 7.34. The molecule has 7 heteroatoms. The number of rotatable bonds is 4. The predicted octanol–water partition coefficient (Wildman–Crippen LogP) is 4.08. The van der Waals surface area contributed by atoms with Gasteiger partial charge in [0.05, 0.1) is 16.2 Å². The average Bonchev–Trinajstić information content (AvgIpc) is 2.71. The number of hydrogen-bond donors (Lipinski definition) is 1. The summed E-state index contributed by atoms with van der Waals surface area (Å²) in [5.74, 6) is 1.95. The molecule has 1 aliphatic carbocycles. The SMILES string of the molecule is CS(=O)(=O)c1cccc2c1C(=O)C=C(Nc1cccc(C3CCSCC3)c1)C2=O. The van der Waals surface area contributed by atoms with Gasteiger partial charge in [0.1, 0.15) is 0 Å². The van der Waals surface area contributed by atoms with Crippen LogP contribution in [0.25, 0.3) is 0 Å². The van der Waals surface area contributed by atoms with Crippen molar-refractivity contribution in [1.29, 1.82) is 0 Å². The lowest BCUT2D eigenvalue weighted by Gasteiger charge is -2.23. The van der Waals surface area contributed by atoms with E-state index in [1.807, 2.05) is 30.0 Å². The van der Waals surface area contributed by atoms with Crippen molar-refractivity contribution in [3.05, 3.63) is 70.9 Å². The summed E-state index contributed by atoms with van der Waals surface area (Å²) in [5.41, 5.74) is 2.20. The lowest BCUT2D eigenvalue weighted by Crippen LogP contribution is -2.23. The first-order chi connectivity index (χ1) is 13.8. The Hall–Kier alpha value is -2.38. The van der Waals surface area contributed by atoms with Crippen LogP contribution in [0.4, 0.5) is 5.69 Å². The fourth-order valence-corrected chi connectivity index (χ4v) is 5.86. The minimum absolute atomic E-state index is 0.0426. The van der Waals surface area contributed by atoms with Gasteiger partial charge in [0, 0.05) is 23.6 Å². The third-order valence-corrected chi connectivity index (χ3v) is 7.48. The maximum absolute atomic E-state index is 13.0. The number of nitrogens with one attached hydrogen (secondary N) is 1. The van der Waals surface area contributed by atoms with E-state index in [1.165, 1.54) is 29.8 Å². The lowest BCUT2D eigenvalue weighted by molar-refractivity contribution is 0.0983. The van der Waals surface area contributed by atoms with E-state index in [0.29, 0.717) is 5.92 Å². The van der Waals surface area contributed by atoms with Gasteiger partial charge in [-0.05, 0) is 54.0 Å². The predicted molar refractivity (Wildman–Crippen MR) is 116 cm³/mol. The highest BCUT2D eigenvalue weighted by atomic mass is 32.2. The van der Waals surface area contributed by atoms with Crippen molar-refractivity contribution in [2.45, 2.75) is 23.7 Å². The highest BCUT2D eigenvalue weighted by molar-refractivity contribution is 7.99. The molecule has 0 amide bonds. The summed E-state index contributed by atoms with van der Waals surface area (Å²) >= 11 is 1.97. The number of thioether (sulfide) groups is 1. The molecule has 1 fully saturated rings. The number of carbonyl (C=O) groups is 2. The largest absolute Gasteiger partial charge is 0.352 e. The van der Waals surface area contributed by atoms with E-state index in [1.54, 1.807) is 0 Å². The molecule has 4 rings (SSSR count). The van der Waals surface area contributed by atoms with Gasteiger partial charge in [-0.15, -0.1) is 0 Å². The number of hydrogen-bond acceptors (Lipinski definition) is 6. The first-order valence-electron chi connectivity index (χ1n) is 9.43. The molecule has 0 aromatic heterocycles. The zero-order valence-electron chi connectivity index (χ0n) is 16.0. The van der Waals surface area contributed by atoms with Crippen LogP contribution in [-0.4, -0.2) is 37.7 Å². The van der Waals surface area contributed by atoms with E-state index < -0.39 is 15.6 Å². The standard InChI is InChI=1S/C22H21NO4S2/c1-29(26,27)20-7-3-6-17-21(20)19(24)13-18(22(17)25)23-16-5-2-4-15(12-16)14-8-10-28-11-9-14/h2-7,12-14,23H,8-11H2,1H3. The molecule has 0 saturated carbocycles. The Morgan fingerprint density at radius 1 is 1.03 bits per heavy atom. The Kier molecular flexibility index (Phi) is 5.36. The van der Waals surface area contributed by atoms with Crippen LogP contribution in [0, 0.1) is 0 Å². The maximum atomic E-state index is 13.0. The zero-order chi connectivity index (χ0) is 20.6. The monoisotopic (exact) mass is 427 g/mol. The first kappa shape index (κ1) is 19.9. The van der Waals surface area contributed by atoms with Gasteiger partial charge in [0.2, 0.25) is 5.78 Å². The van der Waals surface area contributed by atoms with Crippen LogP contribution in [-0.2, 0) is 9.84 Å². The van der Waals surface area contributed by atoms with Gasteiger partial charge in [-0.3, -0.25) is 9.59 Å². The first-order valence-corrected chi connectivity index (χ1v) is 12.5. The molecule has 29 heavy (non-hydrogen) atoms. The van der Waals surface area contributed by atoms with Crippen LogP contribution >= 0.6 is 11.8 Å². The Labute approximate surface area is 174 Å². The molecule has 2 aliphatic rings. The topological polar surface area (TPSA) is 80.3 Å². The lowest BCUT2D eigenvalue weighted by atomic mass is 9.91. The van der Waals surface area contributed by atoms with Gasteiger partial charge in [0.25, 0.3) is 0 Å². The number of carbonyl (C=O) groups excluding carboxylic acids is 2. The summed E-state index contributed by atoms with van der Waals surface area (Å²) in [6.07, 6.45) is 4.50. The summed E-state index contributed by atoms with van der Waals surface area (Å²) in [6.45, 7) is 0. The van der Waals surface area contributed by atoms with Gasteiger partial charge >= 0.3 is 0 Å². The molecule has 1 N–H and O–H groups in total. The smallest absolute Gasteiger partial charge is 0.210 e. The number of ketones is 2. The number of Topliss-reactive ketones (excluding diaryl/α,β-unsaturated/α-hetero) is 1. The molecular weight excluding hydrogens is 406 g/mol. The van der Waals surface area contributed by atoms with E-state index in [2.05, 4.69) is 11.4 Å². The minimum Gasteiger partial charge on any atom is -0.352 e. The molecule has 0 atom stereocenters. The van der Waals surface area contributed by atoms with Crippen LogP contribution in [0.2, 0.25) is 0 Å². The Morgan fingerprint density at radius 2 is 1.76 bits per heavy atom. The quantitative estimate of drug-likeness (QED) is 0.792. The van der Waals surface area contributed by atoms with E-state index in [4.69, 9.17) is 0 Å². The summed E-state index contributed by atoms with van der Waals surface area (Å²) in [5, 5.41) is 3.08. The molecular formula is C22H21NO4S2. The Bertz CT molecular complexity index is 1130. The van der Waals surface area contributed by atoms with Gasteiger partial charge in [0.15, 0.2) is 15.6 Å². The molecule has 150 valence electrons. The van der Waals surface area contributed by atoms with Crippen molar-refractivity contribution >= 4 is 38.9 Å². The van der Waals surface area contributed by atoms with E-state index in [9.17, 15) is 18.0 Å². The van der Waals surface area contributed by atoms with Gasteiger partial charge in [-0.1, -0.05) is 24.3 Å². The Morgan fingerprint density at radius 3 is 2.48 bits per heavy atom. The molecule has 1 saturated heterocycles. The second-order valence-corrected chi connectivity index (χ2v) is 10.5. The molecule has 1 aliphatic heterocycles. The summed E-state index contributed by atoms with van der Waals surface area (Å²) in [6, 6.07) is 12.3. The fraction of sp³-hybridized carbons (Fsp3) is 0.273. The summed E-state index contributed by atoms with van der Waals surface area (Å²) < 4.78 is 24.0. The molecule has 0 bridgehead atoms. The van der Waals surface area contributed by atoms with Gasteiger partial charge in [-0.25, -0.2) is 8.42 Å². The second kappa shape index (κ2) is 7.80. The highest BCUT2D eigenvalue weighted by Gasteiger charge is 2.30. The molecule has 0 unspecified atom stereocenters. The molecule has 0 radical (unpaired) electrons. The molecule has 1 heterocycles. The highest BCUT2D eigenvalue weighted by Crippen LogP contribution is 2.33. The van der Waals surface area contributed by atoms with Crippen LogP contribution in [0.1, 0.15) is 45.0 Å². The van der Waals surface area contributed by atoms with Crippen molar-refractivity contribution in [1.82, 2.24) is 0 Å². The van der Waals surface area contributed by atoms with Crippen molar-refractivity contribution in [3.8, 4) is 0 Å². The minimum atomic E-state index is -3.62. The van der Waals surface area contributed by atoms with Crippen molar-refractivity contribution in [2.75, 3.05) is 23.1 Å². The fourth-order valence-electron chi connectivity index (χ4n) is 3.85. The Balaban J connectivity index is 1.64. The van der Waals surface area contributed by atoms with Crippen molar-refractivity contribution < 1.29 is 18.0 Å². The summed E-state index contributed by atoms with van der Waals surface area (Å²) in [4.78, 5) is 25.5. The van der Waals surface area contributed by atoms with Crippen LogP contribution in [0.5, 0.6) is 0 Å². The van der Waals surface area contributed by atoms with Gasteiger partial charge < -0.3 is 5.32 Å². The van der Waals surface area contributed by atoms with Crippen LogP contribution < -0.4 is 5.32 Å². The van der Waals surface area contributed by atoms with E-state index in [-0.39, 0.29) is 27.5 Å². The van der Waals surface area contributed by atoms with Gasteiger partial charge in [-0.2, -0.15) is 11.8 Å². The van der Waals surface area contributed by atoms with E-state index in [0.717, 1.165) is 36.3 Å². The van der Waals surface area contributed by atoms with Crippen LogP contribution in [0.15, 0.2) is 59.1 Å². The third kappa shape index (κ3) is 4.02. The average molecular weight is 428 g/mol. The normalized spacial score (nSPS) is 17.6. The molecule has 2 aromatic carbocycles. The number of anilines is 1. The number of sulfone groups is 1. The maximum Gasteiger partial charge on any atom is 0.210 e. The third-order valence-electron chi connectivity index (χ3n) is 5.30. The van der Waals surface area contributed by atoms with E-state index >= 15 is 0 Å². The molecule has 0 spiro atoms. The van der Waals surface area contributed by atoms with Crippen LogP contribution in [0.3, 0.4) is 0 Å². The zero-order valence-corrected chi connectivity index (χ0v) is 17.6. The summed E-state index contributed by atoms with van der Waals surface area (Å²) in [7, 11) is -3.62. The number of allylic oxidation sites excluding steroid dienone is 2. The molecule has 5 nitrogen and oxygen atoms in total. The number of fused-ring (bicyclic) bond motifs is 1.